The van der Waals surface area contributed by atoms with Gasteiger partial charge in [-0.05, 0) is 57.4 Å². The zero-order chi connectivity index (χ0) is 18.5. The number of aromatic nitrogens is 2. The van der Waals surface area contributed by atoms with Crippen molar-refractivity contribution >= 4 is 11.0 Å². The minimum absolute atomic E-state index is 0.706. The maximum atomic E-state index is 5.75. The minimum atomic E-state index is 0.706. The lowest BCUT2D eigenvalue weighted by Gasteiger charge is -2.16. The second-order valence-electron chi connectivity index (χ2n) is 7.12. The highest BCUT2D eigenvalue weighted by Crippen LogP contribution is 2.17. The molecule has 5 heteroatoms. The Hall–Kier alpha value is -2.37. The van der Waals surface area contributed by atoms with Crippen molar-refractivity contribution < 1.29 is 4.74 Å². The molecule has 0 atom stereocenters. The number of para-hydroxylation sites is 1. The average molecular weight is 352 g/mol. The van der Waals surface area contributed by atoms with Crippen LogP contribution in [0.3, 0.4) is 0 Å². The Morgan fingerprint density at radius 2 is 1.77 bits per heavy atom. The van der Waals surface area contributed by atoms with Crippen LogP contribution in [0.15, 0.2) is 42.5 Å². The highest BCUT2D eigenvalue weighted by Gasteiger charge is 2.08. The van der Waals surface area contributed by atoms with Crippen molar-refractivity contribution in [1.29, 1.82) is 0 Å². The first-order valence-electron chi connectivity index (χ1n) is 9.00. The lowest BCUT2D eigenvalue weighted by atomic mass is 10.2. The maximum Gasteiger partial charge on any atom is 0.121 e. The van der Waals surface area contributed by atoms with Crippen LogP contribution in [0.4, 0.5) is 0 Å². The number of aromatic amines is 1. The summed E-state index contributed by atoms with van der Waals surface area (Å²) in [7, 11) is 6.21. The molecule has 1 heterocycles. The summed E-state index contributed by atoms with van der Waals surface area (Å²) in [5, 5.41) is 0. The fourth-order valence-electron chi connectivity index (χ4n) is 2.96. The quantitative estimate of drug-likeness (QED) is 0.674. The zero-order valence-corrected chi connectivity index (χ0v) is 16.1. The molecule has 0 fully saturated rings. The molecule has 0 spiro atoms. The van der Waals surface area contributed by atoms with Crippen LogP contribution in [0.5, 0.6) is 5.75 Å². The predicted molar refractivity (Wildman–Crippen MR) is 106 cm³/mol. The van der Waals surface area contributed by atoms with Crippen LogP contribution in [0, 0.1) is 6.92 Å². The van der Waals surface area contributed by atoms with Gasteiger partial charge >= 0.3 is 0 Å². The molecule has 0 radical (unpaired) electrons. The number of fused-ring (bicyclic) bond motifs is 1. The maximum absolute atomic E-state index is 5.75. The first-order valence-corrected chi connectivity index (χ1v) is 9.00. The molecular weight excluding hydrogens is 324 g/mol. The molecule has 3 aromatic rings. The van der Waals surface area contributed by atoms with E-state index < -0.39 is 0 Å². The standard InChI is InChI=1S/C21H28N4O/c1-16-6-5-7-19-21(16)23-20(22-19)15-25(4)14-17-8-10-18(11-9-17)26-13-12-24(2)3/h5-11H,12-15H2,1-4H3,(H,22,23). The largest absolute Gasteiger partial charge is 0.492 e. The van der Waals surface area contributed by atoms with E-state index in [9.17, 15) is 0 Å². The second kappa shape index (κ2) is 8.34. The first kappa shape index (κ1) is 18.4. The summed E-state index contributed by atoms with van der Waals surface area (Å²) in [6, 6.07) is 14.6. The molecule has 0 unspecified atom stereocenters. The van der Waals surface area contributed by atoms with Crippen molar-refractivity contribution in [3.05, 3.63) is 59.4 Å². The monoisotopic (exact) mass is 352 g/mol. The summed E-state index contributed by atoms with van der Waals surface area (Å²) in [6.45, 7) is 5.38. The molecule has 138 valence electrons. The molecule has 3 rings (SSSR count). The van der Waals surface area contributed by atoms with Gasteiger partial charge in [-0.1, -0.05) is 24.3 Å². The number of likely N-dealkylation sites (N-methyl/N-ethyl adjacent to an activating group) is 1. The number of hydrogen-bond acceptors (Lipinski definition) is 4. The van der Waals surface area contributed by atoms with Crippen LogP contribution in [-0.4, -0.2) is 54.1 Å². The van der Waals surface area contributed by atoms with Gasteiger partial charge in [0.1, 0.15) is 18.2 Å². The number of hydrogen-bond donors (Lipinski definition) is 1. The number of rotatable bonds is 8. The van der Waals surface area contributed by atoms with E-state index in [0.29, 0.717) is 6.61 Å². The summed E-state index contributed by atoms with van der Waals surface area (Å²) in [5.41, 5.74) is 4.64. The van der Waals surface area contributed by atoms with Gasteiger partial charge in [0.25, 0.3) is 0 Å². The predicted octanol–water partition coefficient (Wildman–Crippen LogP) is 3.44. The summed E-state index contributed by atoms with van der Waals surface area (Å²) < 4.78 is 5.75. The summed E-state index contributed by atoms with van der Waals surface area (Å²) in [4.78, 5) is 12.5. The topological polar surface area (TPSA) is 44.4 Å². The van der Waals surface area contributed by atoms with Gasteiger partial charge < -0.3 is 14.6 Å². The highest BCUT2D eigenvalue weighted by molar-refractivity contribution is 5.78. The van der Waals surface area contributed by atoms with E-state index in [2.05, 4.69) is 59.1 Å². The number of H-pyrrole nitrogens is 1. The fraction of sp³-hybridized carbons (Fsp3) is 0.381. The average Bonchev–Trinajstić information content (AvgIpc) is 3.00. The molecular formula is C21H28N4O. The van der Waals surface area contributed by atoms with E-state index in [1.54, 1.807) is 0 Å². The van der Waals surface area contributed by atoms with Crippen LogP contribution in [0.2, 0.25) is 0 Å². The molecule has 0 aliphatic rings. The molecule has 0 aliphatic heterocycles. The Balaban J connectivity index is 1.55. The number of ether oxygens (including phenoxy) is 1. The summed E-state index contributed by atoms with van der Waals surface area (Å²) in [6.07, 6.45) is 0. The van der Waals surface area contributed by atoms with Crippen LogP contribution in [0.1, 0.15) is 17.0 Å². The lowest BCUT2D eigenvalue weighted by Crippen LogP contribution is -2.19. The van der Waals surface area contributed by atoms with E-state index in [1.165, 1.54) is 11.1 Å². The SMILES string of the molecule is Cc1cccc2[nH]c(CN(C)Cc3ccc(OCCN(C)C)cc3)nc12. The molecule has 5 nitrogen and oxygen atoms in total. The number of imidazole rings is 1. The van der Waals surface area contributed by atoms with Crippen LogP contribution in [0.25, 0.3) is 11.0 Å². The molecule has 0 bridgehead atoms. The Morgan fingerprint density at radius 1 is 1.00 bits per heavy atom. The van der Waals surface area contributed by atoms with Gasteiger partial charge in [-0.15, -0.1) is 0 Å². The molecule has 0 saturated carbocycles. The summed E-state index contributed by atoms with van der Waals surface area (Å²) in [5.74, 6) is 1.92. The van der Waals surface area contributed by atoms with Crippen molar-refractivity contribution in [2.45, 2.75) is 20.0 Å². The number of aryl methyl sites for hydroxylation is 1. The first-order chi connectivity index (χ1) is 12.5. The van der Waals surface area contributed by atoms with E-state index >= 15 is 0 Å². The third-order valence-corrected chi connectivity index (χ3v) is 4.37. The number of nitrogens with one attached hydrogen (secondary N) is 1. The number of benzene rings is 2. The Bertz CT molecular complexity index is 839. The third-order valence-electron chi connectivity index (χ3n) is 4.37. The van der Waals surface area contributed by atoms with E-state index in [0.717, 1.165) is 42.2 Å². The number of nitrogens with zero attached hydrogens (tertiary/aromatic N) is 3. The second-order valence-corrected chi connectivity index (χ2v) is 7.12. The molecule has 0 amide bonds. The van der Waals surface area contributed by atoms with Gasteiger partial charge in [-0.2, -0.15) is 0 Å². The minimum Gasteiger partial charge on any atom is -0.492 e. The van der Waals surface area contributed by atoms with Gasteiger partial charge in [0.15, 0.2) is 0 Å². The van der Waals surface area contributed by atoms with E-state index in [4.69, 9.17) is 9.72 Å². The van der Waals surface area contributed by atoms with Gasteiger partial charge in [0.05, 0.1) is 17.6 Å². The van der Waals surface area contributed by atoms with Gasteiger partial charge in [-0.25, -0.2) is 4.98 Å². The molecule has 1 N–H and O–H groups in total. The molecule has 2 aromatic carbocycles. The van der Waals surface area contributed by atoms with Crippen molar-refractivity contribution in [3.8, 4) is 5.75 Å². The van der Waals surface area contributed by atoms with Crippen LogP contribution < -0.4 is 4.74 Å². The summed E-state index contributed by atoms with van der Waals surface area (Å²) >= 11 is 0. The normalized spacial score (nSPS) is 11.6. The molecule has 0 saturated heterocycles. The van der Waals surface area contributed by atoms with E-state index in [1.807, 2.05) is 26.2 Å². The Labute approximate surface area is 155 Å². The van der Waals surface area contributed by atoms with Crippen LogP contribution in [-0.2, 0) is 13.1 Å². The van der Waals surface area contributed by atoms with Gasteiger partial charge in [0.2, 0.25) is 0 Å². The molecule has 1 aromatic heterocycles. The highest BCUT2D eigenvalue weighted by atomic mass is 16.5. The Kier molecular flexibility index (Phi) is 5.91. The van der Waals surface area contributed by atoms with Gasteiger partial charge in [-0.3, -0.25) is 4.90 Å². The van der Waals surface area contributed by atoms with Gasteiger partial charge in [0, 0.05) is 13.1 Å². The Morgan fingerprint density at radius 3 is 2.46 bits per heavy atom. The molecule has 0 aliphatic carbocycles. The van der Waals surface area contributed by atoms with Crippen molar-refractivity contribution in [2.24, 2.45) is 0 Å². The zero-order valence-electron chi connectivity index (χ0n) is 16.1. The fourth-order valence-corrected chi connectivity index (χ4v) is 2.96. The molecule has 26 heavy (non-hydrogen) atoms. The lowest BCUT2D eigenvalue weighted by molar-refractivity contribution is 0.261. The van der Waals surface area contributed by atoms with Crippen molar-refractivity contribution in [2.75, 3.05) is 34.3 Å². The van der Waals surface area contributed by atoms with Crippen LogP contribution >= 0.6 is 0 Å². The smallest absolute Gasteiger partial charge is 0.121 e. The third kappa shape index (κ3) is 4.84. The van der Waals surface area contributed by atoms with E-state index in [-0.39, 0.29) is 0 Å². The van der Waals surface area contributed by atoms with Crippen molar-refractivity contribution in [3.63, 3.8) is 0 Å². The van der Waals surface area contributed by atoms with Crippen molar-refractivity contribution in [1.82, 2.24) is 19.8 Å².